The predicted octanol–water partition coefficient (Wildman–Crippen LogP) is 2.45. The van der Waals surface area contributed by atoms with Gasteiger partial charge in [0.2, 0.25) is 0 Å². The fourth-order valence-corrected chi connectivity index (χ4v) is 2.30. The lowest BCUT2D eigenvalue weighted by atomic mass is 10.1. The first-order valence-electron chi connectivity index (χ1n) is 6.84. The van der Waals surface area contributed by atoms with Crippen LogP contribution in [0.15, 0.2) is 36.4 Å². The number of nitrogens with one attached hydrogen (secondary N) is 1. The molecule has 0 saturated heterocycles. The van der Waals surface area contributed by atoms with Crippen LogP contribution in [0.3, 0.4) is 0 Å². The lowest BCUT2D eigenvalue weighted by Gasteiger charge is -2.21. The van der Waals surface area contributed by atoms with E-state index in [0.717, 1.165) is 41.5 Å². The molecule has 0 atom stereocenters. The highest BCUT2D eigenvalue weighted by molar-refractivity contribution is 5.47. The first-order valence-corrected chi connectivity index (χ1v) is 6.84. The number of aromatic nitrogens is 1. The highest BCUT2D eigenvalue weighted by atomic mass is 16.6. The molecule has 0 spiro atoms. The van der Waals surface area contributed by atoms with Gasteiger partial charge in [0.25, 0.3) is 0 Å². The molecule has 20 heavy (non-hydrogen) atoms. The first kappa shape index (κ1) is 12.9. The van der Waals surface area contributed by atoms with E-state index in [1.54, 1.807) is 0 Å². The summed E-state index contributed by atoms with van der Waals surface area (Å²) in [5, 5.41) is 3.40. The van der Waals surface area contributed by atoms with E-state index in [0.29, 0.717) is 13.2 Å². The average Bonchev–Trinajstić information content (AvgIpc) is 2.48. The summed E-state index contributed by atoms with van der Waals surface area (Å²) in [5.74, 6) is 1.70. The van der Waals surface area contributed by atoms with Gasteiger partial charge in [-0.05, 0) is 25.1 Å². The summed E-state index contributed by atoms with van der Waals surface area (Å²) in [6, 6.07) is 12.1. The van der Waals surface area contributed by atoms with Crippen LogP contribution in [-0.2, 0) is 13.1 Å². The number of aryl methyl sites for hydroxylation is 1. The van der Waals surface area contributed by atoms with Gasteiger partial charge in [0, 0.05) is 24.3 Å². The largest absolute Gasteiger partial charge is 0.486 e. The van der Waals surface area contributed by atoms with Crippen molar-refractivity contribution in [1.82, 2.24) is 10.3 Å². The Morgan fingerprint density at radius 1 is 1.05 bits per heavy atom. The van der Waals surface area contributed by atoms with Crippen molar-refractivity contribution in [1.29, 1.82) is 0 Å². The van der Waals surface area contributed by atoms with Crippen LogP contribution in [0.1, 0.15) is 17.0 Å². The van der Waals surface area contributed by atoms with Crippen LogP contribution in [0, 0.1) is 6.92 Å². The zero-order valence-corrected chi connectivity index (χ0v) is 11.6. The Labute approximate surface area is 118 Å². The van der Waals surface area contributed by atoms with Crippen LogP contribution in [-0.4, -0.2) is 18.2 Å². The van der Waals surface area contributed by atoms with Crippen molar-refractivity contribution in [2.45, 2.75) is 20.0 Å². The summed E-state index contributed by atoms with van der Waals surface area (Å²) in [6.45, 7) is 4.72. The number of hydrogen-bond acceptors (Lipinski definition) is 4. The van der Waals surface area contributed by atoms with Crippen LogP contribution in [0.25, 0.3) is 0 Å². The number of hydrogen-bond donors (Lipinski definition) is 1. The quantitative estimate of drug-likeness (QED) is 0.926. The molecule has 3 rings (SSSR count). The Kier molecular flexibility index (Phi) is 3.83. The Morgan fingerprint density at radius 3 is 2.80 bits per heavy atom. The van der Waals surface area contributed by atoms with Crippen molar-refractivity contribution >= 4 is 0 Å². The fourth-order valence-electron chi connectivity index (χ4n) is 2.30. The highest BCUT2D eigenvalue weighted by Gasteiger charge is 2.14. The molecule has 0 aliphatic carbocycles. The number of nitrogens with zero attached hydrogens (tertiary/aromatic N) is 1. The summed E-state index contributed by atoms with van der Waals surface area (Å²) in [7, 11) is 0. The van der Waals surface area contributed by atoms with Crippen LogP contribution in [0.4, 0.5) is 0 Å². The molecule has 1 aromatic heterocycles. The van der Waals surface area contributed by atoms with Gasteiger partial charge in [0.15, 0.2) is 11.5 Å². The topological polar surface area (TPSA) is 43.4 Å². The van der Waals surface area contributed by atoms with E-state index in [-0.39, 0.29) is 0 Å². The minimum atomic E-state index is 0.615. The second kappa shape index (κ2) is 5.92. The van der Waals surface area contributed by atoms with Crippen molar-refractivity contribution in [3.8, 4) is 11.5 Å². The maximum atomic E-state index is 5.70. The molecular weight excluding hydrogens is 252 g/mol. The summed E-state index contributed by atoms with van der Waals surface area (Å²) >= 11 is 0. The summed E-state index contributed by atoms with van der Waals surface area (Å²) in [4.78, 5) is 4.47. The molecule has 1 aromatic carbocycles. The van der Waals surface area contributed by atoms with Crippen LogP contribution < -0.4 is 14.8 Å². The van der Waals surface area contributed by atoms with Crippen LogP contribution in [0.5, 0.6) is 11.5 Å². The monoisotopic (exact) mass is 270 g/mol. The predicted molar refractivity (Wildman–Crippen MR) is 76.9 cm³/mol. The Hall–Kier alpha value is -2.07. The van der Waals surface area contributed by atoms with Crippen molar-refractivity contribution in [2.75, 3.05) is 13.2 Å². The standard InChI is InChI=1S/C16H18N2O2/c1-12-4-2-6-14(18-12)11-17-10-13-5-3-7-15-16(13)20-9-8-19-15/h2-7,17H,8-11H2,1H3. The van der Waals surface area contributed by atoms with Gasteiger partial charge in [-0.2, -0.15) is 0 Å². The van der Waals surface area contributed by atoms with Gasteiger partial charge >= 0.3 is 0 Å². The van der Waals surface area contributed by atoms with Crippen molar-refractivity contribution in [2.24, 2.45) is 0 Å². The molecular formula is C16H18N2O2. The summed E-state index contributed by atoms with van der Waals surface area (Å²) < 4.78 is 11.3. The van der Waals surface area contributed by atoms with E-state index in [2.05, 4.69) is 16.4 Å². The number of para-hydroxylation sites is 1. The molecule has 2 aromatic rings. The van der Waals surface area contributed by atoms with Gasteiger partial charge in [-0.3, -0.25) is 4.98 Å². The van der Waals surface area contributed by atoms with E-state index in [1.807, 2.05) is 37.3 Å². The summed E-state index contributed by atoms with van der Waals surface area (Å²) in [6.07, 6.45) is 0. The molecule has 0 unspecified atom stereocenters. The number of pyridine rings is 1. The van der Waals surface area contributed by atoms with Crippen LogP contribution in [0.2, 0.25) is 0 Å². The van der Waals surface area contributed by atoms with Crippen molar-refractivity contribution < 1.29 is 9.47 Å². The number of rotatable bonds is 4. The van der Waals surface area contributed by atoms with E-state index < -0.39 is 0 Å². The van der Waals surface area contributed by atoms with Gasteiger partial charge in [0.05, 0.1) is 5.69 Å². The highest BCUT2D eigenvalue weighted by Crippen LogP contribution is 2.33. The molecule has 4 heteroatoms. The van der Waals surface area contributed by atoms with Gasteiger partial charge in [-0.25, -0.2) is 0 Å². The number of fused-ring (bicyclic) bond motifs is 1. The molecule has 0 amide bonds. The molecule has 0 saturated carbocycles. The zero-order valence-electron chi connectivity index (χ0n) is 11.6. The van der Waals surface area contributed by atoms with E-state index >= 15 is 0 Å². The minimum absolute atomic E-state index is 0.615. The van der Waals surface area contributed by atoms with E-state index in [1.165, 1.54) is 0 Å². The molecule has 1 aliphatic heterocycles. The van der Waals surface area contributed by atoms with Gasteiger partial charge in [0.1, 0.15) is 13.2 Å². The average molecular weight is 270 g/mol. The van der Waals surface area contributed by atoms with Gasteiger partial charge in [-0.15, -0.1) is 0 Å². The lowest BCUT2D eigenvalue weighted by molar-refractivity contribution is 0.169. The second-order valence-corrected chi connectivity index (χ2v) is 4.82. The molecule has 1 aliphatic rings. The second-order valence-electron chi connectivity index (χ2n) is 4.82. The molecule has 1 N–H and O–H groups in total. The Bertz CT molecular complexity index is 599. The molecule has 4 nitrogen and oxygen atoms in total. The number of benzene rings is 1. The van der Waals surface area contributed by atoms with Gasteiger partial charge < -0.3 is 14.8 Å². The molecule has 0 radical (unpaired) electrons. The number of ether oxygens (including phenoxy) is 2. The normalized spacial score (nSPS) is 13.2. The van der Waals surface area contributed by atoms with E-state index in [9.17, 15) is 0 Å². The maximum Gasteiger partial charge on any atom is 0.165 e. The first-order chi connectivity index (χ1) is 9.83. The maximum absolute atomic E-state index is 5.70. The third kappa shape index (κ3) is 2.91. The minimum Gasteiger partial charge on any atom is -0.486 e. The SMILES string of the molecule is Cc1cccc(CNCc2cccc3c2OCCO3)n1. The van der Waals surface area contributed by atoms with Crippen LogP contribution >= 0.6 is 0 Å². The van der Waals surface area contributed by atoms with Gasteiger partial charge in [-0.1, -0.05) is 18.2 Å². The third-order valence-corrected chi connectivity index (χ3v) is 3.22. The smallest absolute Gasteiger partial charge is 0.165 e. The molecule has 2 heterocycles. The molecule has 104 valence electrons. The Balaban J connectivity index is 1.64. The van der Waals surface area contributed by atoms with Crippen molar-refractivity contribution in [3.63, 3.8) is 0 Å². The summed E-state index contributed by atoms with van der Waals surface area (Å²) in [5.41, 5.74) is 3.21. The van der Waals surface area contributed by atoms with E-state index in [4.69, 9.17) is 9.47 Å². The lowest BCUT2D eigenvalue weighted by Crippen LogP contribution is -2.19. The zero-order chi connectivity index (χ0) is 13.8. The fraction of sp³-hybridized carbons (Fsp3) is 0.312. The molecule has 0 fully saturated rings. The molecule has 0 bridgehead atoms. The third-order valence-electron chi connectivity index (χ3n) is 3.22. The Morgan fingerprint density at radius 2 is 1.90 bits per heavy atom. The van der Waals surface area contributed by atoms with Crippen molar-refractivity contribution in [3.05, 3.63) is 53.3 Å².